The highest BCUT2D eigenvalue weighted by Gasteiger charge is 2.36. The van der Waals surface area contributed by atoms with Gasteiger partial charge in [0, 0.05) is 19.3 Å². The summed E-state index contributed by atoms with van der Waals surface area (Å²) >= 11 is 13.2. The van der Waals surface area contributed by atoms with E-state index in [-0.39, 0.29) is 28.6 Å². The summed E-state index contributed by atoms with van der Waals surface area (Å²) in [4.78, 5) is 17.2. The topological polar surface area (TPSA) is 77.1 Å². The standard InChI is InChI=1S/C18H13Cl2F3N6OS/c19-10-8-25-28(9-10)5-2-4-24-17(30)15-14(20)16-26-11(12-3-1-6-31-12)7-13(18(21,22)23)29(16)27-15/h1,3,6-9H,2,4-5H2,(H,24,30). The highest BCUT2D eigenvalue weighted by Crippen LogP contribution is 2.35. The average molecular weight is 489 g/mol. The van der Waals surface area contributed by atoms with E-state index in [1.54, 1.807) is 28.4 Å². The van der Waals surface area contributed by atoms with Crippen molar-refractivity contribution in [2.24, 2.45) is 0 Å². The molecule has 0 aromatic carbocycles. The molecule has 0 aliphatic carbocycles. The number of rotatable bonds is 6. The van der Waals surface area contributed by atoms with Gasteiger partial charge in [-0.25, -0.2) is 9.50 Å². The Kier molecular flexibility index (Phi) is 5.91. The van der Waals surface area contributed by atoms with Crippen molar-refractivity contribution < 1.29 is 18.0 Å². The molecular weight excluding hydrogens is 476 g/mol. The Morgan fingerprint density at radius 1 is 1.29 bits per heavy atom. The zero-order valence-corrected chi connectivity index (χ0v) is 17.9. The van der Waals surface area contributed by atoms with Crippen molar-refractivity contribution in [3.8, 4) is 10.6 Å². The van der Waals surface area contributed by atoms with Crippen molar-refractivity contribution in [3.63, 3.8) is 0 Å². The van der Waals surface area contributed by atoms with Crippen molar-refractivity contribution >= 4 is 46.1 Å². The molecule has 0 saturated heterocycles. The number of nitrogens with zero attached hydrogens (tertiary/aromatic N) is 5. The Morgan fingerprint density at radius 2 is 2.10 bits per heavy atom. The summed E-state index contributed by atoms with van der Waals surface area (Å²) in [5.74, 6) is -0.695. The van der Waals surface area contributed by atoms with Crippen LogP contribution in [-0.4, -0.2) is 36.8 Å². The minimum absolute atomic E-state index is 0.0986. The first-order chi connectivity index (χ1) is 14.7. The van der Waals surface area contributed by atoms with Gasteiger partial charge in [-0.1, -0.05) is 29.3 Å². The number of aromatic nitrogens is 5. The van der Waals surface area contributed by atoms with Gasteiger partial charge in [0.05, 0.1) is 21.8 Å². The number of thiophene rings is 1. The second kappa shape index (κ2) is 8.48. The highest BCUT2D eigenvalue weighted by molar-refractivity contribution is 7.13. The Balaban J connectivity index is 1.59. The predicted molar refractivity (Wildman–Crippen MR) is 110 cm³/mol. The van der Waals surface area contributed by atoms with Gasteiger partial charge in [-0.05, 0) is 23.9 Å². The maximum atomic E-state index is 13.6. The van der Waals surface area contributed by atoms with Gasteiger partial charge in [-0.15, -0.1) is 11.3 Å². The first-order valence-electron chi connectivity index (χ1n) is 8.90. The van der Waals surface area contributed by atoms with Crippen LogP contribution in [0.25, 0.3) is 16.2 Å². The van der Waals surface area contributed by atoms with Crippen LogP contribution in [-0.2, 0) is 12.7 Å². The van der Waals surface area contributed by atoms with E-state index in [0.29, 0.717) is 27.4 Å². The molecule has 13 heteroatoms. The lowest BCUT2D eigenvalue weighted by molar-refractivity contribution is -0.142. The van der Waals surface area contributed by atoms with Crippen molar-refractivity contribution in [2.75, 3.05) is 6.54 Å². The predicted octanol–water partition coefficient (Wildman–Crippen LogP) is 4.80. The summed E-state index contributed by atoms with van der Waals surface area (Å²) in [6.07, 6.45) is -1.07. The first-order valence-corrected chi connectivity index (χ1v) is 10.5. The number of alkyl halides is 3. The van der Waals surface area contributed by atoms with Crippen molar-refractivity contribution in [1.29, 1.82) is 0 Å². The van der Waals surface area contributed by atoms with Gasteiger partial charge in [0.15, 0.2) is 17.0 Å². The number of carbonyl (C=O) groups is 1. The fourth-order valence-corrected chi connectivity index (χ4v) is 3.96. The number of aryl methyl sites for hydroxylation is 1. The third-order valence-corrected chi connectivity index (χ3v) is 5.70. The molecule has 0 saturated carbocycles. The second-order valence-electron chi connectivity index (χ2n) is 6.43. The molecule has 0 unspecified atom stereocenters. The monoisotopic (exact) mass is 488 g/mol. The normalized spacial score (nSPS) is 11.9. The molecule has 4 aromatic rings. The number of hydrogen-bond donors (Lipinski definition) is 1. The third kappa shape index (κ3) is 4.53. The van der Waals surface area contributed by atoms with Gasteiger partial charge in [-0.2, -0.15) is 23.4 Å². The van der Waals surface area contributed by atoms with E-state index in [4.69, 9.17) is 23.2 Å². The summed E-state index contributed by atoms with van der Waals surface area (Å²) in [5.41, 5.74) is -1.54. The van der Waals surface area contributed by atoms with E-state index >= 15 is 0 Å². The molecule has 4 aromatic heterocycles. The van der Waals surface area contributed by atoms with Crippen LogP contribution in [0.4, 0.5) is 13.2 Å². The molecule has 4 heterocycles. The molecular formula is C18H13Cl2F3N6OS. The minimum Gasteiger partial charge on any atom is -0.351 e. The van der Waals surface area contributed by atoms with Crippen LogP contribution < -0.4 is 5.32 Å². The number of carbonyl (C=O) groups excluding carboxylic acids is 1. The lowest BCUT2D eigenvalue weighted by Gasteiger charge is -2.10. The van der Waals surface area contributed by atoms with E-state index in [2.05, 4.69) is 20.5 Å². The molecule has 0 radical (unpaired) electrons. The molecule has 0 bridgehead atoms. The Labute approximate surface area is 187 Å². The van der Waals surface area contributed by atoms with Crippen LogP contribution in [0.3, 0.4) is 0 Å². The van der Waals surface area contributed by atoms with Crippen LogP contribution in [0.15, 0.2) is 36.0 Å². The summed E-state index contributed by atoms with van der Waals surface area (Å²) in [7, 11) is 0. The second-order valence-corrected chi connectivity index (χ2v) is 8.19. The largest absolute Gasteiger partial charge is 0.433 e. The molecule has 162 valence electrons. The SMILES string of the molecule is O=C(NCCCn1cc(Cl)cn1)c1nn2c(C(F)(F)F)cc(-c3cccs3)nc2c1Cl. The molecule has 31 heavy (non-hydrogen) atoms. The zero-order chi connectivity index (χ0) is 22.2. The Bertz CT molecular complexity index is 1240. The van der Waals surface area contributed by atoms with E-state index in [1.165, 1.54) is 17.5 Å². The summed E-state index contributed by atoms with van der Waals surface area (Å²) in [5, 5.41) is 12.4. The summed E-state index contributed by atoms with van der Waals surface area (Å²) < 4.78 is 43.1. The van der Waals surface area contributed by atoms with Gasteiger partial charge in [-0.3, -0.25) is 9.48 Å². The van der Waals surface area contributed by atoms with Crippen LogP contribution in [0, 0.1) is 0 Å². The van der Waals surface area contributed by atoms with Crippen molar-refractivity contribution in [1.82, 2.24) is 29.7 Å². The summed E-state index contributed by atoms with van der Waals surface area (Å²) in [6.45, 7) is 0.733. The fourth-order valence-electron chi connectivity index (χ4n) is 2.88. The average Bonchev–Trinajstić information content (AvgIpc) is 3.45. The third-order valence-electron chi connectivity index (χ3n) is 4.26. The molecule has 4 rings (SSSR count). The van der Waals surface area contributed by atoms with Gasteiger partial charge >= 0.3 is 6.18 Å². The van der Waals surface area contributed by atoms with E-state index in [1.807, 2.05) is 0 Å². The Morgan fingerprint density at radius 3 is 2.74 bits per heavy atom. The van der Waals surface area contributed by atoms with Crippen molar-refractivity contribution in [2.45, 2.75) is 19.1 Å². The molecule has 0 aliphatic heterocycles. The van der Waals surface area contributed by atoms with Gasteiger partial charge < -0.3 is 5.32 Å². The quantitative estimate of drug-likeness (QED) is 0.395. The lowest BCUT2D eigenvalue weighted by atomic mass is 10.2. The molecule has 7 nitrogen and oxygen atoms in total. The smallest absolute Gasteiger partial charge is 0.351 e. The van der Waals surface area contributed by atoms with Gasteiger partial charge in [0.25, 0.3) is 5.91 Å². The number of nitrogens with one attached hydrogen (secondary N) is 1. The number of hydrogen-bond acceptors (Lipinski definition) is 5. The maximum absolute atomic E-state index is 13.6. The highest BCUT2D eigenvalue weighted by atomic mass is 35.5. The fraction of sp³-hybridized carbons (Fsp3) is 0.222. The molecule has 0 fully saturated rings. The maximum Gasteiger partial charge on any atom is 0.433 e. The minimum atomic E-state index is -4.72. The first kappa shape index (κ1) is 21.6. The molecule has 0 spiro atoms. The Hall–Kier alpha value is -2.63. The number of halogens is 5. The molecule has 0 aliphatic rings. The van der Waals surface area contributed by atoms with Gasteiger partial charge in [0.2, 0.25) is 0 Å². The zero-order valence-electron chi connectivity index (χ0n) is 15.5. The lowest BCUT2D eigenvalue weighted by Crippen LogP contribution is -2.26. The van der Waals surface area contributed by atoms with E-state index in [0.717, 1.165) is 6.07 Å². The number of fused-ring (bicyclic) bond motifs is 1. The van der Waals surface area contributed by atoms with Crippen LogP contribution in [0.2, 0.25) is 10.0 Å². The molecule has 0 atom stereocenters. The van der Waals surface area contributed by atoms with Crippen LogP contribution >= 0.6 is 34.5 Å². The summed E-state index contributed by atoms with van der Waals surface area (Å²) in [6, 6.07) is 4.24. The van der Waals surface area contributed by atoms with Gasteiger partial charge in [0.1, 0.15) is 5.02 Å². The van der Waals surface area contributed by atoms with E-state index in [9.17, 15) is 18.0 Å². The van der Waals surface area contributed by atoms with Crippen LogP contribution in [0.1, 0.15) is 22.6 Å². The van der Waals surface area contributed by atoms with Crippen LogP contribution in [0.5, 0.6) is 0 Å². The van der Waals surface area contributed by atoms with Crippen molar-refractivity contribution in [3.05, 3.63) is 57.4 Å². The molecule has 1 N–H and O–H groups in total. The number of amides is 1. The molecule has 1 amide bonds. The van der Waals surface area contributed by atoms with E-state index < -0.39 is 17.8 Å².